The minimum Gasteiger partial charge on any atom is -0.402 e. The largest absolute Gasteiger partial charge is 0.402 e. The van der Waals surface area contributed by atoms with Crippen molar-refractivity contribution in [1.29, 1.82) is 5.41 Å². The maximum absolute atomic E-state index is 7.72. The summed E-state index contributed by atoms with van der Waals surface area (Å²) >= 11 is 0. The van der Waals surface area contributed by atoms with Crippen molar-refractivity contribution < 1.29 is 0 Å². The topological polar surface area (TPSA) is 80.1 Å². The molecule has 2 heterocycles. The van der Waals surface area contributed by atoms with E-state index >= 15 is 0 Å². The van der Waals surface area contributed by atoms with E-state index in [0.717, 1.165) is 28.8 Å². The van der Waals surface area contributed by atoms with Crippen LogP contribution in [0, 0.1) is 12.3 Å². The zero-order chi connectivity index (χ0) is 17.0. The first-order valence-electron chi connectivity index (χ1n) is 7.63. The highest BCUT2D eigenvalue weighted by atomic mass is 15.2. The number of fused-ring (bicyclic) bond motifs is 1. The van der Waals surface area contributed by atoms with E-state index in [4.69, 9.17) is 11.1 Å². The van der Waals surface area contributed by atoms with Gasteiger partial charge in [0.2, 0.25) is 0 Å². The van der Waals surface area contributed by atoms with Crippen molar-refractivity contribution in [2.45, 2.75) is 34.1 Å². The SMILES string of the molecule is CCC(C)=C/C=C(\C(C=N)=C(/C)N)c1cnn2cc(C)cnc12. The van der Waals surface area contributed by atoms with Crippen LogP contribution >= 0.6 is 0 Å². The Bertz CT molecular complexity index is 817. The Hall–Kier alpha value is -2.69. The van der Waals surface area contributed by atoms with Crippen LogP contribution in [0.3, 0.4) is 0 Å². The smallest absolute Gasteiger partial charge is 0.162 e. The summed E-state index contributed by atoms with van der Waals surface area (Å²) in [4.78, 5) is 4.49. The number of hydrogen-bond donors (Lipinski definition) is 2. The molecule has 0 unspecified atom stereocenters. The molecule has 0 spiro atoms. The van der Waals surface area contributed by atoms with E-state index in [0.29, 0.717) is 11.3 Å². The van der Waals surface area contributed by atoms with E-state index < -0.39 is 0 Å². The Morgan fingerprint density at radius 2 is 2.04 bits per heavy atom. The van der Waals surface area contributed by atoms with Crippen molar-refractivity contribution in [3.05, 3.63) is 58.7 Å². The molecule has 0 amide bonds. The minimum absolute atomic E-state index is 0.597. The normalized spacial score (nSPS) is 14.1. The molecular weight excluding hydrogens is 286 g/mol. The van der Waals surface area contributed by atoms with Crippen LogP contribution in [0.25, 0.3) is 11.2 Å². The number of rotatable bonds is 5. The summed E-state index contributed by atoms with van der Waals surface area (Å²) in [5.41, 5.74) is 12.0. The minimum atomic E-state index is 0.597. The van der Waals surface area contributed by atoms with Gasteiger partial charge >= 0.3 is 0 Å². The summed E-state index contributed by atoms with van der Waals surface area (Å²) in [5.74, 6) is 0. The van der Waals surface area contributed by atoms with E-state index in [1.54, 1.807) is 17.6 Å². The Morgan fingerprint density at radius 3 is 2.65 bits per heavy atom. The number of nitrogens with two attached hydrogens (primary N) is 1. The lowest BCUT2D eigenvalue weighted by Crippen LogP contribution is -2.02. The predicted octanol–water partition coefficient (Wildman–Crippen LogP) is 3.66. The van der Waals surface area contributed by atoms with E-state index in [2.05, 4.69) is 30.0 Å². The second kappa shape index (κ2) is 7.05. The maximum atomic E-state index is 7.72. The fourth-order valence-electron chi connectivity index (χ4n) is 2.23. The lowest BCUT2D eigenvalue weighted by molar-refractivity contribution is 0.928. The van der Waals surface area contributed by atoms with Crippen LogP contribution in [0.2, 0.25) is 0 Å². The van der Waals surface area contributed by atoms with Crippen molar-refractivity contribution >= 4 is 17.4 Å². The van der Waals surface area contributed by atoms with Gasteiger partial charge in [0, 0.05) is 35.4 Å². The highest BCUT2D eigenvalue weighted by Crippen LogP contribution is 2.26. The van der Waals surface area contributed by atoms with Gasteiger partial charge in [-0.05, 0) is 38.3 Å². The summed E-state index contributed by atoms with van der Waals surface area (Å²) in [5, 5.41) is 12.1. The van der Waals surface area contributed by atoms with Gasteiger partial charge in [-0.3, -0.25) is 0 Å². The fraction of sp³-hybridized carbons (Fsp3) is 0.278. The van der Waals surface area contributed by atoms with Gasteiger partial charge in [-0.15, -0.1) is 0 Å². The Labute approximate surface area is 136 Å². The van der Waals surface area contributed by atoms with Crippen molar-refractivity contribution in [2.24, 2.45) is 5.73 Å². The molecule has 2 aromatic heterocycles. The summed E-state index contributed by atoms with van der Waals surface area (Å²) in [7, 11) is 0. The molecule has 0 saturated carbocycles. The third-order valence-electron chi connectivity index (χ3n) is 3.73. The summed E-state index contributed by atoms with van der Waals surface area (Å²) in [6, 6.07) is 0. The number of nitrogens with one attached hydrogen (secondary N) is 1. The molecule has 5 heteroatoms. The average Bonchev–Trinajstić information content (AvgIpc) is 2.93. The Kier molecular flexibility index (Phi) is 5.11. The monoisotopic (exact) mass is 309 g/mol. The first-order valence-corrected chi connectivity index (χ1v) is 7.63. The molecule has 0 aliphatic carbocycles. The standard InChI is InChI=1S/C18H23N5/c1-5-12(2)6-7-15(16(8-19)14(4)20)17-10-22-23-11-13(3)9-21-18(17)23/h6-11,19H,5,20H2,1-4H3/b12-6?,15-7+,16-14+,19-8?. The van der Waals surface area contributed by atoms with Gasteiger partial charge in [0.15, 0.2) is 5.65 Å². The molecule has 23 heavy (non-hydrogen) atoms. The molecule has 0 fully saturated rings. The highest BCUT2D eigenvalue weighted by Gasteiger charge is 2.14. The van der Waals surface area contributed by atoms with Crippen LogP contribution in [0.4, 0.5) is 0 Å². The van der Waals surface area contributed by atoms with Gasteiger partial charge in [-0.2, -0.15) is 5.10 Å². The molecule has 120 valence electrons. The maximum Gasteiger partial charge on any atom is 0.162 e. The lowest BCUT2D eigenvalue weighted by Gasteiger charge is -2.08. The summed E-state index contributed by atoms with van der Waals surface area (Å²) < 4.78 is 1.75. The summed E-state index contributed by atoms with van der Waals surface area (Å²) in [6.45, 7) is 7.97. The van der Waals surface area contributed by atoms with Crippen molar-refractivity contribution in [2.75, 3.05) is 0 Å². The summed E-state index contributed by atoms with van der Waals surface area (Å²) in [6.07, 6.45) is 11.8. The lowest BCUT2D eigenvalue weighted by atomic mass is 9.98. The van der Waals surface area contributed by atoms with Gasteiger partial charge in [0.05, 0.1) is 6.20 Å². The van der Waals surface area contributed by atoms with E-state index in [9.17, 15) is 0 Å². The third kappa shape index (κ3) is 3.56. The van der Waals surface area contributed by atoms with E-state index in [-0.39, 0.29) is 0 Å². The molecule has 3 N–H and O–H groups in total. The van der Waals surface area contributed by atoms with E-state index in [1.807, 2.05) is 25.4 Å². The van der Waals surface area contributed by atoms with Crippen molar-refractivity contribution in [3.8, 4) is 0 Å². The molecule has 2 rings (SSSR count). The van der Waals surface area contributed by atoms with Crippen LogP contribution in [-0.2, 0) is 0 Å². The quantitative estimate of drug-likeness (QED) is 0.653. The molecule has 2 aromatic rings. The molecule has 0 aliphatic rings. The first-order chi connectivity index (χ1) is 11.0. The van der Waals surface area contributed by atoms with Crippen molar-refractivity contribution in [1.82, 2.24) is 14.6 Å². The molecule has 0 bridgehead atoms. The highest BCUT2D eigenvalue weighted by molar-refractivity contribution is 6.02. The van der Waals surface area contributed by atoms with Gasteiger partial charge in [-0.25, -0.2) is 9.50 Å². The van der Waals surface area contributed by atoms with Gasteiger partial charge in [0.1, 0.15) is 0 Å². The van der Waals surface area contributed by atoms with Gasteiger partial charge < -0.3 is 11.1 Å². The number of allylic oxidation sites excluding steroid dienone is 6. The second-order valence-electron chi connectivity index (χ2n) is 5.65. The molecule has 0 saturated heterocycles. The molecule has 0 aliphatic heterocycles. The van der Waals surface area contributed by atoms with Crippen LogP contribution < -0.4 is 5.73 Å². The molecule has 5 nitrogen and oxygen atoms in total. The molecular formula is C18H23N5. The average molecular weight is 309 g/mol. The van der Waals surface area contributed by atoms with Gasteiger partial charge in [0.25, 0.3) is 0 Å². The number of aromatic nitrogens is 3. The number of nitrogens with zero attached hydrogens (tertiary/aromatic N) is 3. The second-order valence-corrected chi connectivity index (χ2v) is 5.65. The zero-order valence-corrected chi connectivity index (χ0v) is 14.1. The van der Waals surface area contributed by atoms with E-state index in [1.165, 1.54) is 11.8 Å². The zero-order valence-electron chi connectivity index (χ0n) is 14.1. The van der Waals surface area contributed by atoms with Crippen LogP contribution in [0.15, 0.2) is 47.6 Å². The van der Waals surface area contributed by atoms with Crippen LogP contribution in [-0.4, -0.2) is 20.8 Å². The molecule has 0 radical (unpaired) electrons. The van der Waals surface area contributed by atoms with Crippen LogP contribution in [0.1, 0.15) is 38.3 Å². The predicted molar refractivity (Wildman–Crippen MR) is 95.4 cm³/mol. The van der Waals surface area contributed by atoms with Crippen LogP contribution in [0.5, 0.6) is 0 Å². The fourth-order valence-corrected chi connectivity index (χ4v) is 2.23. The number of aryl methyl sites for hydroxylation is 1. The molecule has 0 atom stereocenters. The van der Waals surface area contributed by atoms with Gasteiger partial charge in [-0.1, -0.05) is 24.6 Å². The molecule has 0 aromatic carbocycles. The number of hydrogen-bond acceptors (Lipinski definition) is 4. The van der Waals surface area contributed by atoms with Crippen molar-refractivity contribution in [3.63, 3.8) is 0 Å². The Balaban J connectivity index is 2.70. The Morgan fingerprint density at radius 1 is 1.30 bits per heavy atom. The third-order valence-corrected chi connectivity index (χ3v) is 3.73. The first kappa shape index (κ1) is 16.7.